The fourth-order valence-corrected chi connectivity index (χ4v) is 5.38. The van der Waals surface area contributed by atoms with Gasteiger partial charge >= 0.3 is 6.18 Å². The number of halogens is 3. The molecule has 204 valence electrons. The molecule has 0 radical (unpaired) electrons. The summed E-state index contributed by atoms with van der Waals surface area (Å²) in [5, 5.41) is 3.31. The molecule has 1 heterocycles. The van der Waals surface area contributed by atoms with Crippen molar-refractivity contribution in [3.05, 3.63) is 59.2 Å². The average Bonchev–Trinajstić information content (AvgIpc) is 2.86. The van der Waals surface area contributed by atoms with E-state index in [-0.39, 0.29) is 23.1 Å². The van der Waals surface area contributed by atoms with Gasteiger partial charge in [-0.3, -0.25) is 4.90 Å². The van der Waals surface area contributed by atoms with Gasteiger partial charge in [0.05, 0.1) is 18.3 Å². The highest BCUT2D eigenvalue weighted by Crippen LogP contribution is 2.34. The molecule has 37 heavy (non-hydrogen) atoms. The summed E-state index contributed by atoms with van der Waals surface area (Å²) in [4.78, 5) is 4.94. The number of ether oxygens (including phenoxy) is 1. The summed E-state index contributed by atoms with van der Waals surface area (Å²) >= 11 is 0. The highest BCUT2D eigenvalue weighted by atomic mass is 19.4. The molecule has 0 amide bonds. The second kappa shape index (κ2) is 11.6. The first-order valence-corrected chi connectivity index (χ1v) is 13.6. The smallest absolute Gasteiger partial charge is 0.382 e. The summed E-state index contributed by atoms with van der Waals surface area (Å²) in [6, 6.07) is 13.7. The lowest BCUT2D eigenvalue weighted by Crippen LogP contribution is -2.47. The van der Waals surface area contributed by atoms with E-state index >= 15 is 0 Å². The molecule has 1 saturated carbocycles. The third kappa shape index (κ3) is 7.64. The van der Waals surface area contributed by atoms with Crippen molar-refractivity contribution in [1.82, 2.24) is 4.90 Å². The maximum absolute atomic E-state index is 13.2. The van der Waals surface area contributed by atoms with Crippen molar-refractivity contribution in [3.8, 4) is 0 Å². The first-order valence-electron chi connectivity index (χ1n) is 13.6. The second-order valence-corrected chi connectivity index (χ2v) is 11.6. The van der Waals surface area contributed by atoms with Crippen molar-refractivity contribution in [2.75, 3.05) is 49.5 Å². The van der Waals surface area contributed by atoms with E-state index in [9.17, 15) is 13.2 Å². The summed E-state index contributed by atoms with van der Waals surface area (Å²) in [5.74, 6) is 0. The minimum absolute atomic E-state index is 0.175. The Labute approximate surface area is 220 Å². The predicted octanol–water partition coefficient (Wildman–Crippen LogP) is 6.87. The Morgan fingerprint density at radius 3 is 2.14 bits per heavy atom. The molecule has 1 aliphatic heterocycles. The molecule has 2 aromatic carbocycles. The molecule has 0 atom stereocenters. The molecule has 4 rings (SSSR count). The first kappa shape index (κ1) is 27.8. The van der Waals surface area contributed by atoms with Gasteiger partial charge in [0.25, 0.3) is 0 Å². The summed E-state index contributed by atoms with van der Waals surface area (Å²) in [5.41, 5.74) is 3.08. The standard InChI is InChI=1S/C30H42F3N3O/c1-22-5-8-25(21-28(22)30(31,32)33)34-24-9-13-27(14-10-24)37-20-19-35-15-17-36(18-16-35)26-11-6-23(7-12-26)29(2,3)4/h5-8,11-12,21,24,27,34H,9-10,13-20H2,1-4H3. The molecule has 1 N–H and O–H groups in total. The molecular formula is C30H42F3N3O. The van der Waals surface area contributed by atoms with Crippen molar-refractivity contribution in [3.63, 3.8) is 0 Å². The number of benzene rings is 2. The van der Waals surface area contributed by atoms with Crippen LogP contribution in [0.1, 0.15) is 63.1 Å². The van der Waals surface area contributed by atoms with Crippen LogP contribution in [-0.4, -0.2) is 56.4 Å². The molecule has 2 aromatic rings. The number of anilines is 2. The van der Waals surface area contributed by atoms with Crippen LogP contribution in [0.2, 0.25) is 0 Å². The Kier molecular flexibility index (Phi) is 8.74. The fourth-order valence-electron chi connectivity index (χ4n) is 5.38. The van der Waals surface area contributed by atoms with Gasteiger partial charge in [0.2, 0.25) is 0 Å². The van der Waals surface area contributed by atoms with Crippen LogP contribution in [0.4, 0.5) is 24.5 Å². The van der Waals surface area contributed by atoms with Gasteiger partial charge in [0.15, 0.2) is 0 Å². The van der Waals surface area contributed by atoms with Crippen molar-refractivity contribution >= 4 is 11.4 Å². The minimum Gasteiger partial charge on any atom is -0.382 e. The largest absolute Gasteiger partial charge is 0.416 e. The molecule has 0 bridgehead atoms. The van der Waals surface area contributed by atoms with Gasteiger partial charge in [0.1, 0.15) is 0 Å². The van der Waals surface area contributed by atoms with Crippen LogP contribution in [0, 0.1) is 6.92 Å². The number of hydrogen-bond acceptors (Lipinski definition) is 4. The van der Waals surface area contributed by atoms with E-state index in [1.165, 1.54) is 24.2 Å². The summed E-state index contributed by atoms with van der Waals surface area (Å²) in [7, 11) is 0. The van der Waals surface area contributed by atoms with Crippen molar-refractivity contribution in [2.45, 2.75) is 77.1 Å². The third-order valence-electron chi connectivity index (χ3n) is 7.82. The van der Waals surface area contributed by atoms with Crippen LogP contribution in [0.5, 0.6) is 0 Å². The highest BCUT2D eigenvalue weighted by molar-refractivity contribution is 5.50. The fraction of sp³-hybridized carbons (Fsp3) is 0.600. The first-order chi connectivity index (χ1) is 17.5. The number of aryl methyl sites for hydroxylation is 1. The van der Waals surface area contributed by atoms with Gasteiger partial charge in [-0.2, -0.15) is 13.2 Å². The molecule has 0 unspecified atom stereocenters. The van der Waals surface area contributed by atoms with E-state index in [4.69, 9.17) is 4.74 Å². The summed E-state index contributed by atoms with van der Waals surface area (Å²) in [6.07, 6.45) is -0.386. The lowest BCUT2D eigenvalue weighted by Gasteiger charge is -2.36. The number of nitrogens with one attached hydrogen (secondary N) is 1. The van der Waals surface area contributed by atoms with Gasteiger partial charge < -0.3 is 15.0 Å². The van der Waals surface area contributed by atoms with Crippen LogP contribution >= 0.6 is 0 Å². The molecule has 2 aliphatic rings. The zero-order valence-electron chi connectivity index (χ0n) is 22.7. The Bertz CT molecular complexity index is 1000. The summed E-state index contributed by atoms with van der Waals surface area (Å²) < 4.78 is 45.8. The maximum Gasteiger partial charge on any atom is 0.416 e. The van der Waals surface area contributed by atoms with E-state index in [2.05, 4.69) is 60.2 Å². The van der Waals surface area contributed by atoms with Crippen LogP contribution in [-0.2, 0) is 16.3 Å². The van der Waals surface area contributed by atoms with Crippen LogP contribution in [0.3, 0.4) is 0 Å². The van der Waals surface area contributed by atoms with Crippen LogP contribution in [0.15, 0.2) is 42.5 Å². The van der Waals surface area contributed by atoms with Crippen molar-refractivity contribution in [2.24, 2.45) is 0 Å². The zero-order valence-corrected chi connectivity index (χ0v) is 22.7. The Balaban J connectivity index is 1.13. The van der Waals surface area contributed by atoms with Crippen LogP contribution in [0.25, 0.3) is 0 Å². The van der Waals surface area contributed by atoms with Crippen LogP contribution < -0.4 is 10.2 Å². The Morgan fingerprint density at radius 1 is 0.892 bits per heavy atom. The summed E-state index contributed by atoms with van der Waals surface area (Å²) in [6.45, 7) is 14.0. The third-order valence-corrected chi connectivity index (χ3v) is 7.82. The number of piperazine rings is 1. The number of hydrogen-bond donors (Lipinski definition) is 1. The number of nitrogens with zero attached hydrogens (tertiary/aromatic N) is 2. The molecule has 2 fully saturated rings. The lowest BCUT2D eigenvalue weighted by atomic mass is 9.87. The average molecular weight is 518 g/mol. The number of rotatable bonds is 7. The maximum atomic E-state index is 13.2. The topological polar surface area (TPSA) is 27.7 Å². The van der Waals surface area contributed by atoms with Gasteiger partial charge in [-0.1, -0.05) is 39.0 Å². The zero-order chi connectivity index (χ0) is 26.6. The van der Waals surface area contributed by atoms with Gasteiger partial charge in [0, 0.05) is 50.1 Å². The molecule has 1 aliphatic carbocycles. The molecule has 0 spiro atoms. The molecule has 0 aromatic heterocycles. The van der Waals surface area contributed by atoms with Gasteiger partial charge in [-0.25, -0.2) is 0 Å². The molecule has 4 nitrogen and oxygen atoms in total. The predicted molar refractivity (Wildman–Crippen MR) is 146 cm³/mol. The van der Waals surface area contributed by atoms with E-state index in [0.29, 0.717) is 5.69 Å². The van der Waals surface area contributed by atoms with E-state index in [1.807, 2.05) is 0 Å². The van der Waals surface area contributed by atoms with Crippen molar-refractivity contribution in [1.29, 1.82) is 0 Å². The van der Waals surface area contributed by atoms with Gasteiger partial charge in [-0.15, -0.1) is 0 Å². The van der Waals surface area contributed by atoms with E-state index in [1.54, 1.807) is 12.1 Å². The van der Waals surface area contributed by atoms with E-state index < -0.39 is 11.7 Å². The molecule has 1 saturated heterocycles. The Hall–Kier alpha value is -2.25. The lowest BCUT2D eigenvalue weighted by molar-refractivity contribution is -0.138. The monoisotopic (exact) mass is 517 g/mol. The minimum atomic E-state index is -4.32. The van der Waals surface area contributed by atoms with Crippen molar-refractivity contribution < 1.29 is 17.9 Å². The highest BCUT2D eigenvalue weighted by Gasteiger charge is 2.33. The second-order valence-electron chi connectivity index (χ2n) is 11.6. The normalized spacial score (nSPS) is 21.8. The number of alkyl halides is 3. The van der Waals surface area contributed by atoms with Gasteiger partial charge in [-0.05, 0) is 73.4 Å². The quantitative estimate of drug-likeness (QED) is 0.434. The Morgan fingerprint density at radius 2 is 1.54 bits per heavy atom. The SMILES string of the molecule is Cc1ccc(NC2CCC(OCCN3CCN(c4ccc(C(C)(C)C)cc4)CC3)CC2)cc1C(F)(F)F. The molecular weight excluding hydrogens is 475 g/mol. The molecule has 7 heteroatoms. The van der Waals surface area contributed by atoms with E-state index in [0.717, 1.165) is 65.0 Å².